The number of amides is 1. The van der Waals surface area contributed by atoms with Crippen LogP contribution in [-0.2, 0) is 4.79 Å². The van der Waals surface area contributed by atoms with Crippen LogP contribution in [0.15, 0.2) is 54.9 Å². The van der Waals surface area contributed by atoms with Crippen molar-refractivity contribution in [2.24, 2.45) is 0 Å². The van der Waals surface area contributed by atoms with E-state index < -0.39 is 12.1 Å². The third-order valence-corrected chi connectivity index (χ3v) is 6.27. The Morgan fingerprint density at radius 3 is 2.55 bits per heavy atom. The van der Waals surface area contributed by atoms with E-state index in [9.17, 15) is 22.4 Å². The zero-order chi connectivity index (χ0) is 29.0. The van der Waals surface area contributed by atoms with Gasteiger partial charge < -0.3 is 14.7 Å². The molecule has 1 aliphatic rings. The van der Waals surface area contributed by atoms with Crippen LogP contribution in [0.4, 0.5) is 17.6 Å². The molecule has 0 saturated carbocycles. The van der Waals surface area contributed by atoms with Crippen LogP contribution in [0, 0.1) is 12.7 Å². The number of halogens is 4. The molecule has 1 N–H and O–H groups in total. The number of alkyl halides is 3. The molecule has 1 atom stereocenters. The fourth-order valence-corrected chi connectivity index (χ4v) is 4.33. The Morgan fingerprint density at radius 2 is 1.88 bits per heavy atom. The summed E-state index contributed by atoms with van der Waals surface area (Å²) in [5.41, 5.74) is 3.60. The van der Waals surface area contributed by atoms with Gasteiger partial charge in [0.2, 0.25) is 0 Å². The number of nitrogens with zero attached hydrogens (tertiary/aromatic N) is 5. The summed E-state index contributed by atoms with van der Waals surface area (Å²) >= 11 is 0. The number of piperidine rings is 1. The lowest BCUT2D eigenvalue weighted by Crippen LogP contribution is -2.39. The minimum atomic E-state index is -5.08. The molecule has 0 bridgehead atoms. The van der Waals surface area contributed by atoms with Crippen LogP contribution in [0.25, 0.3) is 16.8 Å². The number of hydrogen-bond acceptors (Lipinski definition) is 6. The van der Waals surface area contributed by atoms with Gasteiger partial charge in [0, 0.05) is 42.5 Å². The van der Waals surface area contributed by atoms with Crippen molar-refractivity contribution in [2.45, 2.75) is 31.9 Å². The first kappa shape index (κ1) is 28.5. The third-order valence-electron chi connectivity index (χ3n) is 6.27. The quantitative estimate of drug-likeness (QED) is 0.354. The number of fused-ring (bicyclic) bond motifs is 1. The average molecular weight is 560 g/mol. The predicted octanol–water partition coefficient (Wildman–Crippen LogP) is 4.90. The molecule has 13 heteroatoms. The molecule has 40 heavy (non-hydrogen) atoms. The fourth-order valence-electron chi connectivity index (χ4n) is 4.33. The number of carboxylic acids is 1. The topological polar surface area (TPSA) is 110 Å². The average Bonchev–Trinajstić information content (AvgIpc) is 3.36. The molecule has 1 amide bonds. The second-order valence-corrected chi connectivity index (χ2v) is 9.15. The molecule has 1 unspecified atom stereocenters. The van der Waals surface area contributed by atoms with E-state index in [4.69, 9.17) is 24.7 Å². The number of hydrogen-bond donors (Lipinski definition) is 1. The number of benzene rings is 1. The van der Waals surface area contributed by atoms with Gasteiger partial charge in [-0.05, 0) is 67.8 Å². The van der Waals surface area contributed by atoms with Crippen molar-refractivity contribution >= 4 is 17.5 Å². The number of rotatable bonds is 4. The SMILES string of the molecule is COc1ccc(F)cc1-c1ccc2nc(C3CCCN(C(=O)c4cc(C)ccn4)C3)nn2c1.O=C(O)C(F)(F)F. The normalized spacial score (nSPS) is 15.3. The molecule has 1 fully saturated rings. The number of aryl methyl sites for hydroxylation is 1. The lowest BCUT2D eigenvalue weighted by atomic mass is 9.97. The van der Waals surface area contributed by atoms with E-state index in [2.05, 4.69) is 4.98 Å². The summed E-state index contributed by atoms with van der Waals surface area (Å²) in [5, 5.41) is 11.8. The number of carboxylic acid groups (broad SMARTS) is 1. The monoisotopic (exact) mass is 559 g/mol. The Balaban J connectivity index is 0.000000470. The minimum absolute atomic E-state index is 0.0413. The molecule has 3 aromatic heterocycles. The van der Waals surface area contributed by atoms with Gasteiger partial charge in [-0.3, -0.25) is 9.78 Å². The van der Waals surface area contributed by atoms with Crippen molar-refractivity contribution in [3.8, 4) is 16.9 Å². The molecule has 1 saturated heterocycles. The molecular formula is C27H25F4N5O4. The number of carbonyl (C=O) groups is 2. The van der Waals surface area contributed by atoms with Crippen molar-refractivity contribution < 1.29 is 37.0 Å². The Labute approximate surface area is 226 Å². The van der Waals surface area contributed by atoms with Gasteiger partial charge in [-0.25, -0.2) is 18.7 Å². The molecule has 0 radical (unpaired) electrons. The Hall–Kier alpha value is -4.55. The minimum Gasteiger partial charge on any atom is -0.496 e. The maximum atomic E-state index is 13.8. The number of carbonyl (C=O) groups excluding carboxylic acids is 1. The first-order chi connectivity index (χ1) is 19.0. The molecule has 0 aliphatic carbocycles. The standard InChI is InChI=1S/C25H24FN5O2.C2HF3O2/c1-16-9-10-27-21(12-16)25(32)30-11-3-4-18(14-30)24-28-23-8-5-17(15-31(23)29-24)20-13-19(26)6-7-22(20)33-2;3-2(4,5)1(6)7/h5-10,12-13,15,18H,3-4,11,14H2,1-2H3;(H,6,7). The zero-order valence-corrected chi connectivity index (χ0v) is 21.5. The zero-order valence-electron chi connectivity index (χ0n) is 21.5. The molecule has 1 aliphatic heterocycles. The Bertz CT molecular complexity index is 1540. The number of aliphatic carboxylic acids is 1. The second kappa shape index (κ2) is 11.7. The highest BCUT2D eigenvalue weighted by atomic mass is 19.4. The van der Waals surface area contributed by atoms with Crippen molar-refractivity contribution in [1.29, 1.82) is 0 Å². The van der Waals surface area contributed by atoms with E-state index in [1.54, 1.807) is 23.9 Å². The number of likely N-dealkylation sites (tertiary alicyclic amines) is 1. The Morgan fingerprint density at radius 1 is 1.12 bits per heavy atom. The van der Waals surface area contributed by atoms with Gasteiger partial charge in [0.05, 0.1) is 7.11 Å². The lowest BCUT2D eigenvalue weighted by molar-refractivity contribution is -0.192. The van der Waals surface area contributed by atoms with Crippen molar-refractivity contribution in [3.05, 3.63) is 77.8 Å². The molecular weight excluding hydrogens is 534 g/mol. The maximum Gasteiger partial charge on any atom is 0.490 e. The summed E-state index contributed by atoms with van der Waals surface area (Å²) in [7, 11) is 1.56. The first-order valence-corrected chi connectivity index (χ1v) is 12.2. The summed E-state index contributed by atoms with van der Waals surface area (Å²) in [6.45, 7) is 3.20. The van der Waals surface area contributed by atoms with Crippen LogP contribution in [0.5, 0.6) is 5.75 Å². The lowest BCUT2D eigenvalue weighted by Gasteiger charge is -2.31. The van der Waals surface area contributed by atoms with Crippen LogP contribution in [0.1, 0.15) is 40.6 Å². The van der Waals surface area contributed by atoms with Gasteiger partial charge >= 0.3 is 12.1 Å². The van der Waals surface area contributed by atoms with Gasteiger partial charge in [0.25, 0.3) is 5.91 Å². The van der Waals surface area contributed by atoms with Gasteiger partial charge in [0.15, 0.2) is 11.5 Å². The molecule has 9 nitrogen and oxygen atoms in total. The number of ether oxygens (including phenoxy) is 1. The molecule has 5 rings (SSSR count). The van der Waals surface area contributed by atoms with E-state index in [1.807, 2.05) is 42.3 Å². The molecule has 4 heterocycles. The van der Waals surface area contributed by atoms with Crippen LogP contribution >= 0.6 is 0 Å². The Kier molecular flexibility index (Phi) is 8.31. The molecule has 4 aromatic rings. The second-order valence-electron chi connectivity index (χ2n) is 9.15. The third kappa shape index (κ3) is 6.53. The highest BCUT2D eigenvalue weighted by Gasteiger charge is 2.38. The van der Waals surface area contributed by atoms with E-state index in [0.717, 1.165) is 24.0 Å². The van der Waals surface area contributed by atoms with E-state index >= 15 is 0 Å². The van der Waals surface area contributed by atoms with Gasteiger partial charge in [-0.2, -0.15) is 18.3 Å². The smallest absolute Gasteiger partial charge is 0.490 e. The highest BCUT2D eigenvalue weighted by molar-refractivity contribution is 5.92. The van der Waals surface area contributed by atoms with Crippen LogP contribution in [0.3, 0.4) is 0 Å². The van der Waals surface area contributed by atoms with Crippen LogP contribution in [-0.4, -0.2) is 67.8 Å². The van der Waals surface area contributed by atoms with E-state index in [-0.39, 0.29) is 17.6 Å². The number of aromatic nitrogens is 4. The van der Waals surface area contributed by atoms with Crippen LogP contribution < -0.4 is 4.74 Å². The predicted molar refractivity (Wildman–Crippen MR) is 135 cm³/mol. The van der Waals surface area contributed by atoms with Crippen molar-refractivity contribution in [3.63, 3.8) is 0 Å². The van der Waals surface area contributed by atoms with Crippen molar-refractivity contribution in [2.75, 3.05) is 20.2 Å². The highest BCUT2D eigenvalue weighted by Crippen LogP contribution is 2.31. The van der Waals surface area contributed by atoms with Gasteiger partial charge in [-0.15, -0.1) is 0 Å². The number of pyridine rings is 2. The van der Waals surface area contributed by atoms with Crippen molar-refractivity contribution in [1.82, 2.24) is 24.5 Å². The molecule has 210 valence electrons. The van der Waals surface area contributed by atoms with E-state index in [1.165, 1.54) is 12.1 Å². The van der Waals surface area contributed by atoms with Crippen LogP contribution in [0.2, 0.25) is 0 Å². The number of methoxy groups -OCH3 is 1. The van der Waals surface area contributed by atoms with E-state index in [0.29, 0.717) is 41.6 Å². The summed E-state index contributed by atoms with van der Waals surface area (Å²) in [4.78, 5) is 32.6. The maximum absolute atomic E-state index is 13.8. The first-order valence-electron chi connectivity index (χ1n) is 12.2. The largest absolute Gasteiger partial charge is 0.496 e. The fraction of sp³-hybridized carbons (Fsp3) is 0.296. The summed E-state index contributed by atoms with van der Waals surface area (Å²) < 4.78 is 52.7. The summed E-state index contributed by atoms with van der Waals surface area (Å²) in [5.74, 6) is -1.82. The summed E-state index contributed by atoms with van der Waals surface area (Å²) in [6, 6.07) is 11.9. The summed E-state index contributed by atoms with van der Waals surface area (Å²) in [6.07, 6.45) is 0.195. The molecule has 0 spiro atoms. The van der Waals surface area contributed by atoms with Gasteiger partial charge in [0.1, 0.15) is 17.3 Å². The molecule has 1 aromatic carbocycles. The van der Waals surface area contributed by atoms with Gasteiger partial charge in [-0.1, -0.05) is 0 Å².